The summed E-state index contributed by atoms with van der Waals surface area (Å²) in [7, 11) is 0. The zero-order chi connectivity index (χ0) is 54.2. The molecule has 0 saturated heterocycles. The van der Waals surface area contributed by atoms with Gasteiger partial charge >= 0.3 is 17.9 Å². The van der Waals surface area contributed by atoms with Crippen LogP contribution in [0.15, 0.2) is 109 Å². The van der Waals surface area contributed by atoms with Crippen LogP contribution in [0.3, 0.4) is 0 Å². The zero-order valence-corrected chi connectivity index (χ0v) is 42.7. The van der Waals surface area contributed by atoms with Crippen LogP contribution in [0.2, 0.25) is 10.0 Å². The van der Waals surface area contributed by atoms with E-state index in [1.807, 2.05) is 39.0 Å². The number of fused-ring (bicyclic) bond motifs is 3. The smallest absolute Gasteiger partial charge is 0.336 e. The number of hydrogen-bond acceptors (Lipinski definition) is 10. The van der Waals surface area contributed by atoms with Gasteiger partial charge in [0.1, 0.15) is 50.3 Å². The van der Waals surface area contributed by atoms with E-state index in [1.165, 1.54) is 17.0 Å². The highest BCUT2D eigenvalue weighted by atomic mass is 35.5. The SMILES string of the molecule is CC(C)(C)c1ccc(N)cc1Cl.CC(C)(C)c1ccc(N2C(=O)c3cc(F)ccc3[C@H](C(=O)O)[C@H]2c2ccc3c(c2)OCCO3)cc1Cl.O=C(O)Cc1ccc(F)cc1C(=O)O.O=Cc1ccc2c(c1)OCCO2. The molecule has 0 radical (unpaired) electrons. The van der Waals surface area contributed by atoms with Crippen molar-refractivity contribution in [1.82, 2.24) is 0 Å². The van der Waals surface area contributed by atoms with Crippen LogP contribution in [0.25, 0.3) is 0 Å². The molecule has 3 aliphatic rings. The molecular weight excluding hydrogens is 1000 g/mol. The number of aliphatic carboxylic acids is 2. The second kappa shape index (κ2) is 23.5. The first kappa shape index (κ1) is 55.6. The van der Waals surface area contributed by atoms with E-state index in [0.29, 0.717) is 76.9 Å². The quantitative estimate of drug-likeness (QED) is 0.0867. The number of aldehydes is 1. The number of carboxylic acid groups (broad SMARTS) is 3. The van der Waals surface area contributed by atoms with Gasteiger partial charge in [-0.3, -0.25) is 24.1 Å². The molecule has 2 atom stereocenters. The fraction of sp³-hybridized carbons (Fsp3) is 0.268. The monoisotopic (exact) mass is 1050 g/mol. The fourth-order valence-corrected chi connectivity index (χ4v) is 9.22. The third kappa shape index (κ3) is 13.5. The third-order valence-electron chi connectivity index (χ3n) is 11.8. The maximum atomic E-state index is 14.2. The topological polar surface area (TPSA) is 212 Å². The number of carboxylic acids is 3. The maximum absolute atomic E-state index is 14.2. The number of halogens is 4. The van der Waals surface area contributed by atoms with Crippen LogP contribution >= 0.6 is 23.2 Å². The zero-order valence-electron chi connectivity index (χ0n) is 41.2. The van der Waals surface area contributed by atoms with Crippen LogP contribution < -0.4 is 29.6 Å². The van der Waals surface area contributed by atoms with Crippen molar-refractivity contribution < 1.29 is 67.0 Å². The first-order chi connectivity index (χ1) is 34.9. The molecular formula is C56H54Cl2F2N2O12. The van der Waals surface area contributed by atoms with Crippen molar-refractivity contribution in [1.29, 1.82) is 0 Å². The average Bonchev–Trinajstić information content (AvgIpc) is 3.33. The summed E-state index contributed by atoms with van der Waals surface area (Å²) in [6.45, 7) is 14.4. The number of benzene rings is 6. The Morgan fingerprint density at radius 2 is 1.22 bits per heavy atom. The number of aromatic carboxylic acids is 1. The predicted molar refractivity (Wildman–Crippen MR) is 276 cm³/mol. The molecule has 5 N–H and O–H groups in total. The van der Waals surface area contributed by atoms with Crippen LogP contribution in [0.4, 0.5) is 20.2 Å². The van der Waals surface area contributed by atoms with Crippen LogP contribution in [0, 0.1) is 11.6 Å². The van der Waals surface area contributed by atoms with Gasteiger partial charge in [0.05, 0.1) is 18.0 Å². The van der Waals surface area contributed by atoms with Crippen molar-refractivity contribution in [3.05, 3.63) is 175 Å². The van der Waals surface area contributed by atoms with Crippen LogP contribution in [0.1, 0.15) is 112 Å². The van der Waals surface area contributed by atoms with E-state index < -0.39 is 53.8 Å². The summed E-state index contributed by atoms with van der Waals surface area (Å²) >= 11 is 12.7. The Hall–Kier alpha value is -7.69. The van der Waals surface area contributed by atoms with E-state index in [9.17, 15) is 37.9 Å². The predicted octanol–water partition coefficient (Wildman–Crippen LogP) is 11.8. The number of carbonyl (C=O) groups excluding carboxylic acids is 2. The molecule has 388 valence electrons. The summed E-state index contributed by atoms with van der Waals surface area (Å²) in [5.74, 6) is -4.23. The summed E-state index contributed by atoms with van der Waals surface area (Å²) in [5, 5.41) is 28.7. The molecule has 0 unspecified atom stereocenters. The molecule has 14 nitrogen and oxygen atoms in total. The van der Waals surface area contributed by atoms with Gasteiger partial charge in [-0.25, -0.2) is 13.6 Å². The van der Waals surface area contributed by atoms with Crippen molar-refractivity contribution in [2.45, 2.75) is 70.8 Å². The number of ether oxygens (including phenoxy) is 4. The molecule has 0 bridgehead atoms. The molecule has 0 saturated carbocycles. The van der Waals surface area contributed by atoms with E-state index in [2.05, 4.69) is 20.8 Å². The van der Waals surface area contributed by atoms with Crippen molar-refractivity contribution in [2.24, 2.45) is 0 Å². The maximum Gasteiger partial charge on any atom is 0.336 e. The number of rotatable bonds is 7. The minimum atomic E-state index is -1.33. The van der Waals surface area contributed by atoms with Crippen LogP contribution in [0.5, 0.6) is 23.0 Å². The summed E-state index contributed by atoms with van der Waals surface area (Å²) in [6, 6.07) is 26.9. The molecule has 18 heteroatoms. The highest BCUT2D eigenvalue weighted by Crippen LogP contribution is 2.48. The Balaban J connectivity index is 0.000000191. The van der Waals surface area contributed by atoms with E-state index in [4.69, 9.17) is 58.1 Å². The normalized spacial score (nSPS) is 15.3. The van der Waals surface area contributed by atoms with Crippen LogP contribution in [-0.2, 0) is 26.8 Å². The molecule has 3 heterocycles. The summed E-state index contributed by atoms with van der Waals surface area (Å²) in [6.07, 6.45) is 0.361. The Bertz CT molecular complexity index is 3100. The lowest BCUT2D eigenvalue weighted by molar-refractivity contribution is -0.139. The lowest BCUT2D eigenvalue weighted by Crippen LogP contribution is -2.45. The van der Waals surface area contributed by atoms with Gasteiger partial charge < -0.3 is 40.0 Å². The van der Waals surface area contributed by atoms with Gasteiger partial charge in [0.15, 0.2) is 23.0 Å². The fourth-order valence-electron chi connectivity index (χ4n) is 8.29. The molecule has 6 aromatic rings. The number of hydrogen-bond donors (Lipinski definition) is 4. The molecule has 0 fully saturated rings. The van der Waals surface area contributed by atoms with E-state index in [-0.39, 0.29) is 33.1 Å². The molecule has 1 amide bonds. The lowest BCUT2D eigenvalue weighted by atomic mass is 9.79. The van der Waals surface area contributed by atoms with Crippen molar-refractivity contribution >= 4 is 64.7 Å². The Kier molecular flexibility index (Phi) is 17.6. The van der Waals surface area contributed by atoms with Crippen molar-refractivity contribution in [3.8, 4) is 23.0 Å². The van der Waals surface area contributed by atoms with E-state index in [1.54, 1.807) is 54.6 Å². The van der Waals surface area contributed by atoms with E-state index in [0.717, 1.165) is 46.7 Å². The van der Waals surface area contributed by atoms with E-state index >= 15 is 0 Å². The molecule has 0 spiro atoms. The van der Waals surface area contributed by atoms with Gasteiger partial charge in [0.25, 0.3) is 5.91 Å². The molecule has 9 rings (SSSR count). The molecule has 0 aliphatic carbocycles. The number of nitrogen functional groups attached to an aromatic ring is 1. The average molecular weight is 1060 g/mol. The highest BCUT2D eigenvalue weighted by molar-refractivity contribution is 6.32. The van der Waals surface area contributed by atoms with Gasteiger partial charge in [-0.1, -0.05) is 95.1 Å². The number of carbonyl (C=O) groups is 5. The molecule has 74 heavy (non-hydrogen) atoms. The van der Waals surface area contributed by atoms with Gasteiger partial charge in [0.2, 0.25) is 0 Å². The molecule has 0 aromatic heterocycles. The standard InChI is InChI=1S/C28H25ClFNO5.C10H14ClN.C9H7FO4.C9H8O3/c1-28(2,3)20-8-6-17(14-21(20)29)31-25(15-4-9-22-23(12-15)36-11-10-35-22)24(27(33)34)18-7-5-16(30)13-19(18)26(31)32;1-10(2,3)8-5-4-7(12)6-9(8)11;10-6-2-1-5(3-8(11)12)7(4-6)9(13)14;10-6-7-1-2-8-9(5-7)12-4-3-11-8/h4-9,12-14,24-25H,10-11H2,1-3H3,(H,33,34);4-6H,12H2,1-3H3;1-2,4H,3H2,(H,11,12)(H,13,14);1-2,5-6H,3-4H2/t24-,25+;;;/m0.../s1. The second-order valence-corrected chi connectivity index (χ2v) is 20.0. The van der Waals surface area contributed by atoms with Crippen molar-refractivity contribution in [3.63, 3.8) is 0 Å². The van der Waals surface area contributed by atoms with Gasteiger partial charge in [-0.05, 0) is 118 Å². The third-order valence-corrected chi connectivity index (χ3v) is 12.4. The number of nitrogens with two attached hydrogens (primary N) is 1. The minimum Gasteiger partial charge on any atom is -0.486 e. The number of nitrogens with zero attached hydrogens (tertiary/aromatic N) is 1. The van der Waals surface area contributed by atoms with Gasteiger partial charge in [0, 0.05) is 32.5 Å². The van der Waals surface area contributed by atoms with Crippen molar-refractivity contribution in [2.75, 3.05) is 37.1 Å². The Morgan fingerprint density at radius 1 is 0.676 bits per heavy atom. The summed E-state index contributed by atoms with van der Waals surface area (Å²) in [5.41, 5.74) is 9.78. The first-order valence-corrected chi connectivity index (χ1v) is 23.8. The van der Waals surface area contributed by atoms with Crippen LogP contribution in [-0.4, -0.2) is 71.8 Å². The lowest BCUT2D eigenvalue weighted by Gasteiger charge is -2.41. The Morgan fingerprint density at radius 3 is 1.76 bits per heavy atom. The van der Waals surface area contributed by atoms with Gasteiger partial charge in [-0.15, -0.1) is 0 Å². The largest absolute Gasteiger partial charge is 0.486 e. The van der Waals surface area contributed by atoms with Gasteiger partial charge in [-0.2, -0.15) is 0 Å². The molecule has 3 aliphatic heterocycles. The second-order valence-electron chi connectivity index (χ2n) is 19.2. The number of amides is 1. The first-order valence-electron chi connectivity index (χ1n) is 23.1. The molecule has 6 aromatic carbocycles. The highest BCUT2D eigenvalue weighted by Gasteiger charge is 2.46. The Labute approximate surface area is 436 Å². The number of anilines is 2. The summed E-state index contributed by atoms with van der Waals surface area (Å²) in [4.78, 5) is 59.3. The summed E-state index contributed by atoms with van der Waals surface area (Å²) < 4.78 is 48.8. The minimum absolute atomic E-state index is 0.00668.